The van der Waals surface area contributed by atoms with Crippen LogP contribution < -0.4 is 4.74 Å². The number of hydrogen-bond acceptors (Lipinski definition) is 3. The number of likely N-dealkylation sites (tertiary alicyclic amines) is 1. The van der Waals surface area contributed by atoms with Gasteiger partial charge in [0.05, 0.1) is 0 Å². The lowest BCUT2D eigenvalue weighted by atomic mass is 9.71. The Morgan fingerprint density at radius 1 is 1.17 bits per heavy atom. The predicted octanol–water partition coefficient (Wildman–Crippen LogP) is 3.71. The van der Waals surface area contributed by atoms with Crippen molar-refractivity contribution in [1.29, 1.82) is 0 Å². The van der Waals surface area contributed by atoms with Crippen LogP contribution in [0.1, 0.15) is 56.6 Å². The Morgan fingerprint density at radius 2 is 1.97 bits per heavy atom. The SMILES string of the molecule is CCC[C@H]1[C@H]2C[C@H](CN(C(=O)COc3ccc(C)c(C)c3)C2)[C@@H]2CCCC(=O)N21. The van der Waals surface area contributed by atoms with Crippen LogP contribution in [0.2, 0.25) is 0 Å². The van der Waals surface area contributed by atoms with E-state index in [4.69, 9.17) is 4.74 Å². The number of fused-ring (bicyclic) bond motifs is 4. The molecule has 0 saturated carbocycles. The van der Waals surface area contributed by atoms with Gasteiger partial charge in [0, 0.05) is 31.6 Å². The molecule has 3 heterocycles. The zero-order chi connectivity index (χ0) is 20.5. The maximum Gasteiger partial charge on any atom is 0.260 e. The van der Waals surface area contributed by atoms with Crippen molar-refractivity contribution >= 4 is 11.8 Å². The van der Waals surface area contributed by atoms with Crippen molar-refractivity contribution in [3.63, 3.8) is 0 Å². The molecule has 0 aliphatic carbocycles. The summed E-state index contributed by atoms with van der Waals surface area (Å²) in [6, 6.07) is 6.58. The first-order chi connectivity index (χ1) is 14.0. The number of carbonyl (C=O) groups excluding carboxylic acids is 2. The summed E-state index contributed by atoms with van der Waals surface area (Å²) in [6.07, 6.45) is 6.05. The van der Waals surface area contributed by atoms with Crippen molar-refractivity contribution in [3.05, 3.63) is 29.3 Å². The highest BCUT2D eigenvalue weighted by Gasteiger charge is 2.49. The molecule has 5 heteroatoms. The largest absolute Gasteiger partial charge is 0.484 e. The Bertz CT molecular complexity index is 777. The third kappa shape index (κ3) is 4.01. The summed E-state index contributed by atoms with van der Waals surface area (Å²) in [5, 5.41) is 0. The van der Waals surface area contributed by atoms with Crippen LogP contribution in [0, 0.1) is 25.7 Å². The minimum absolute atomic E-state index is 0.0729. The molecule has 29 heavy (non-hydrogen) atoms. The van der Waals surface area contributed by atoms with Crippen molar-refractivity contribution in [2.24, 2.45) is 11.8 Å². The van der Waals surface area contributed by atoms with Crippen molar-refractivity contribution in [3.8, 4) is 5.75 Å². The van der Waals surface area contributed by atoms with Gasteiger partial charge >= 0.3 is 0 Å². The van der Waals surface area contributed by atoms with Gasteiger partial charge in [0.15, 0.2) is 6.61 Å². The molecule has 1 aromatic carbocycles. The lowest BCUT2D eigenvalue weighted by Gasteiger charge is -2.56. The minimum atomic E-state index is 0.0729. The van der Waals surface area contributed by atoms with E-state index < -0.39 is 0 Å². The van der Waals surface area contributed by atoms with Gasteiger partial charge in [-0.2, -0.15) is 0 Å². The van der Waals surface area contributed by atoms with Crippen LogP contribution >= 0.6 is 0 Å². The molecule has 0 unspecified atom stereocenters. The monoisotopic (exact) mass is 398 g/mol. The normalized spacial score (nSPS) is 28.9. The molecule has 1 aromatic rings. The van der Waals surface area contributed by atoms with E-state index in [1.54, 1.807) is 0 Å². The number of aryl methyl sites for hydroxylation is 2. The standard InChI is InChI=1S/C24H34N2O3/c1-4-6-21-18-12-19(22-7-5-8-23(27)26(21)22)14-25(13-18)24(28)15-29-20-10-9-16(2)17(3)11-20/h9-11,18-19,21-22H,4-8,12-15H2,1-3H3/t18-,19+,21-,22-/m0/s1. The zero-order valence-corrected chi connectivity index (χ0v) is 18.0. The summed E-state index contributed by atoms with van der Waals surface area (Å²) in [6.45, 7) is 7.93. The third-order valence-electron chi connectivity index (χ3n) is 7.27. The average molecular weight is 399 g/mol. The molecule has 3 fully saturated rings. The summed E-state index contributed by atoms with van der Waals surface area (Å²) < 4.78 is 5.82. The second-order valence-corrected chi connectivity index (χ2v) is 9.21. The molecular formula is C24H34N2O3. The number of rotatable bonds is 5. The van der Waals surface area contributed by atoms with E-state index in [0.717, 1.165) is 50.9 Å². The van der Waals surface area contributed by atoms with Crippen molar-refractivity contribution in [2.75, 3.05) is 19.7 Å². The van der Waals surface area contributed by atoms with E-state index >= 15 is 0 Å². The second kappa shape index (κ2) is 8.37. The number of benzene rings is 1. The summed E-state index contributed by atoms with van der Waals surface area (Å²) >= 11 is 0. The molecule has 158 valence electrons. The van der Waals surface area contributed by atoms with Gasteiger partial charge in [-0.25, -0.2) is 0 Å². The number of ether oxygens (including phenoxy) is 1. The fourth-order valence-electron chi connectivity index (χ4n) is 5.69. The van der Waals surface area contributed by atoms with E-state index in [1.165, 1.54) is 11.1 Å². The fourth-order valence-corrected chi connectivity index (χ4v) is 5.69. The zero-order valence-electron chi connectivity index (χ0n) is 18.0. The topological polar surface area (TPSA) is 49.9 Å². The van der Waals surface area contributed by atoms with Gasteiger partial charge in [-0.05, 0) is 74.6 Å². The molecule has 3 aliphatic rings. The van der Waals surface area contributed by atoms with Crippen LogP contribution in [0.25, 0.3) is 0 Å². The summed E-state index contributed by atoms with van der Waals surface area (Å²) in [4.78, 5) is 29.9. The van der Waals surface area contributed by atoms with Crippen LogP contribution in [-0.4, -0.2) is 53.4 Å². The average Bonchev–Trinajstić information content (AvgIpc) is 2.72. The smallest absolute Gasteiger partial charge is 0.260 e. The highest BCUT2D eigenvalue weighted by Crippen LogP contribution is 2.42. The Hall–Kier alpha value is -2.04. The summed E-state index contributed by atoms with van der Waals surface area (Å²) in [7, 11) is 0. The van der Waals surface area contributed by atoms with E-state index in [0.29, 0.717) is 36.2 Å². The highest BCUT2D eigenvalue weighted by molar-refractivity contribution is 5.79. The maximum atomic E-state index is 13.0. The van der Waals surface area contributed by atoms with Gasteiger partial charge in [0.2, 0.25) is 5.91 Å². The maximum absolute atomic E-state index is 13.0. The molecule has 3 saturated heterocycles. The first-order valence-corrected chi connectivity index (χ1v) is 11.3. The Balaban J connectivity index is 1.44. The quantitative estimate of drug-likeness (QED) is 0.760. The van der Waals surface area contributed by atoms with Crippen LogP contribution in [0.3, 0.4) is 0 Å². The van der Waals surface area contributed by atoms with Crippen molar-refractivity contribution in [2.45, 2.75) is 71.4 Å². The minimum Gasteiger partial charge on any atom is -0.484 e. The molecule has 4 rings (SSSR count). The molecule has 0 radical (unpaired) electrons. The first kappa shape index (κ1) is 20.2. The number of nitrogens with zero attached hydrogens (tertiary/aromatic N) is 2. The van der Waals surface area contributed by atoms with Gasteiger partial charge in [-0.15, -0.1) is 0 Å². The molecule has 2 bridgehead atoms. The molecule has 4 atom stereocenters. The lowest BCUT2D eigenvalue weighted by Crippen LogP contribution is -2.65. The van der Waals surface area contributed by atoms with E-state index in [-0.39, 0.29) is 12.5 Å². The molecule has 2 amide bonds. The Morgan fingerprint density at radius 3 is 2.72 bits per heavy atom. The number of hydrogen-bond donors (Lipinski definition) is 0. The lowest BCUT2D eigenvalue weighted by molar-refractivity contribution is -0.157. The predicted molar refractivity (Wildman–Crippen MR) is 113 cm³/mol. The molecule has 3 aliphatic heterocycles. The van der Waals surface area contributed by atoms with Crippen molar-refractivity contribution in [1.82, 2.24) is 9.80 Å². The second-order valence-electron chi connectivity index (χ2n) is 9.21. The van der Waals surface area contributed by atoms with Gasteiger partial charge in [-0.1, -0.05) is 19.4 Å². The summed E-state index contributed by atoms with van der Waals surface area (Å²) in [5.74, 6) is 1.98. The molecule has 0 aromatic heterocycles. The number of amides is 2. The highest BCUT2D eigenvalue weighted by atomic mass is 16.5. The fraction of sp³-hybridized carbons (Fsp3) is 0.667. The van der Waals surface area contributed by atoms with Crippen LogP contribution in [0.15, 0.2) is 18.2 Å². The Labute approximate surface area is 174 Å². The number of carbonyl (C=O) groups is 2. The van der Waals surface area contributed by atoms with E-state index in [1.807, 2.05) is 23.1 Å². The van der Waals surface area contributed by atoms with E-state index in [9.17, 15) is 9.59 Å². The van der Waals surface area contributed by atoms with E-state index in [2.05, 4.69) is 25.7 Å². The molecule has 0 N–H and O–H groups in total. The Kier molecular flexibility index (Phi) is 5.84. The van der Waals surface area contributed by atoms with Gasteiger partial charge in [0.1, 0.15) is 5.75 Å². The number of piperidine rings is 3. The molecule has 0 spiro atoms. The van der Waals surface area contributed by atoms with Gasteiger partial charge in [0.25, 0.3) is 5.91 Å². The van der Waals surface area contributed by atoms with Gasteiger partial charge < -0.3 is 14.5 Å². The molecular weight excluding hydrogens is 364 g/mol. The van der Waals surface area contributed by atoms with Crippen LogP contribution in [0.5, 0.6) is 5.75 Å². The summed E-state index contributed by atoms with van der Waals surface area (Å²) in [5.41, 5.74) is 2.40. The third-order valence-corrected chi connectivity index (χ3v) is 7.27. The van der Waals surface area contributed by atoms with Crippen molar-refractivity contribution < 1.29 is 14.3 Å². The van der Waals surface area contributed by atoms with Crippen LogP contribution in [0.4, 0.5) is 0 Å². The first-order valence-electron chi connectivity index (χ1n) is 11.3. The van der Waals surface area contributed by atoms with Gasteiger partial charge in [-0.3, -0.25) is 9.59 Å². The van der Waals surface area contributed by atoms with Crippen LogP contribution in [-0.2, 0) is 9.59 Å². The molecule has 5 nitrogen and oxygen atoms in total.